The van der Waals surface area contributed by atoms with Crippen LogP contribution in [0.5, 0.6) is 17.2 Å². The Hall–Kier alpha value is -3.14. The predicted molar refractivity (Wildman–Crippen MR) is 109 cm³/mol. The Bertz CT molecular complexity index is 803. The first-order valence-corrected chi connectivity index (χ1v) is 9.20. The van der Waals surface area contributed by atoms with Gasteiger partial charge in [-0.25, -0.2) is 0 Å². The number of anilines is 1. The van der Waals surface area contributed by atoms with Crippen molar-refractivity contribution >= 4 is 5.69 Å². The topological polar surface area (TPSA) is 39.7 Å². The summed E-state index contributed by atoms with van der Waals surface area (Å²) in [7, 11) is 0. The van der Waals surface area contributed by atoms with E-state index in [-0.39, 0.29) is 0 Å². The summed E-state index contributed by atoms with van der Waals surface area (Å²) < 4.78 is 16.9. The van der Waals surface area contributed by atoms with Gasteiger partial charge in [-0.3, -0.25) is 0 Å². The third-order valence-corrected chi connectivity index (χ3v) is 3.92. The van der Waals surface area contributed by atoms with E-state index in [1.807, 2.05) is 73.7 Å². The van der Waals surface area contributed by atoms with Gasteiger partial charge in [-0.1, -0.05) is 30.3 Å². The van der Waals surface area contributed by atoms with Crippen LogP contribution in [-0.4, -0.2) is 19.8 Å². The summed E-state index contributed by atoms with van der Waals surface area (Å²) in [5, 5.41) is 3.41. The summed E-state index contributed by atoms with van der Waals surface area (Å²) in [5.41, 5.74) is 2.23. The summed E-state index contributed by atoms with van der Waals surface area (Å²) in [4.78, 5) is 0. The fourth-order valence-corrected chi connectivity index (χ4v) is 2.62. The zero-order valence-electron chi connectivity index (χ0n) is 15.6. The molecule has 4 nitrogen and oxygen atoms in total. The van der Waals surface area contributed by atoms with E-state index in [1.165, 1.54) is 5.56 Å². The molecule has 0 fully saturated rings. The molecule has 0 amide bonds. The minimum absolute atomic E-state index is 0.506. The Balaban J connectivity index is 1.41. The molecule has 0 aliphatic rings. The van der Waals surface area contributed by atoms with Gasteiger partial charge >= 0.3 is 0 Å². The second-order valence-electron chi connectivity index (χ2n) is 5.97. The van der Waals surface area contributed by atoms with Crippen molar-refractivity contribution in [3.63, 3.8) is 0 Å². The Morgan fingerprint density at radius 3 is 2.04 bits per heavy atom. The molecule has 0 bridgehead atoms. The molecule has 3 aromatic rings. The van der Waals surface area contributed by atoms with Crippen LogP contribution in [0.25, 0.3) is 0 Å². The van der Waals surface area contributed by atoms with Crippen molar-refractivity contribution in [3.8, 4) is 17.2 Å². The molecule has 0 saturated heterocycles. The van der Waals surface area contributed by atoms with Gasteiger partial charge < -0.3 is 19.5 Å². The quantitative estimate of drug-likeness (QED) is 0.505. The molecule has 3 aromatic carbocycles. The van der Waals surface area contributed by atoms with Crippen LogP contribution in [0.4, 0.5) is 5.69 Å². The van der Waals surface area contributed by atoms with Crippen LogP contribution in [-0.2, 0) is 6.54 Å². The van der Waals surface area contributed by atoms with Crippen LogP contribution in [0.15, 0.2) is 78.9 Å². The molecule has 0 heterocycles. The summed E-state index contributed by atoms with van der Waals surface area (Å²) in [6, 6.07) is 25.8. The van der Waals surface area contributed by atoms with Gasteiger partial charge in [0.2, 0.25) is 0 Å². The summed E-state index contributed by atoms with van der Waals surface area (Å²) in [6.07, 6.45) is 0. The van der Waals surface area contributed by atoms with Gasteiger partial charge in [0.05, 0.1) is 6.61 Å². The largest absolute Gasteiger partial charge is 0.494 e. The predicted octanol–water partition coefficient (Wildman–Crippen LogP) is 5.16. The maximum Gasteiger partial charge on any atom is 0.122 e. The molecule has 4 heteroatoms. The van der Waals surface area contributed by atoms with Crippen LogP contribution < -0.4 is 19.5 Å². The number of ether oxygens (including phenoxy) is 3. The monoisotopic (exact) mass is 363 g/mol. The van der Waals surface area contributed by atoms with E-state index in [9.17, 15) is 0 Å². The molecule has 0 unspecified atom stereocenters. The Morgan fingerprint density at radius 2 is 1.33 bits per heavy atom. The molecule has 0 saturated carbocycles. The SMILES string of the molecule is CCOc1cccc(CNc2ccc(OCCOc3ccccc3)cc2)c1. The zero-order valence-corrected chi connectivity index (χ0v) is 15.6. The van der Waals surface area contributed by atoms with Crippen LogP contribution in [0.1, 0.15) is 12.5 Å². The number of nitrogens with one attached hydrogen (secondary N) is 1. The highest BCUT2D eigenvalue weighted by Gasteiger charge is 1.99. The molecule has 0 spiro atoms. The average Bonchev–Trinajstić information content (AvgIpc) is 2.72. The summed E-state index contributed by atoms with van der Waals surface area (Å²) in [5.74, 6) is 2.59. The van der Waals surface area contributed by atoms with Crippen molar-refractivity contribution in [1.82, 2.24) is 0 Å². The molecule has 0 aromatic heterocycles. The van der Waals surface area contributed by atoms with E-state index >= 15 is 0 Å². The normalized spacial score (nSPS) is 10.3. The minimum Gasteiger partial charge on any atom is -0.494 e. The number of rotatable bonds is 10. The van der Waals surface area contributed by atoms with Gasteiger partial charge in [0.15, 0.2) is 0 Å². The third kappa shape index (κ3) is 6.26. The van der Waals surface area contributed by atoms with Crippen molar-refractivity contribution in [2.45, 2.75) is 13.5 Å². The molecular weight excluding hydrogens is 338 g/mol. The minimum atomic E-state index is 0.506. The number of hydrogen-bond acceptors (Lipinski definition) is 4. The maximum absolute atomic E-state index is 5.72. The number of benzene rings is 3. The highest BCUT2D eigenvalue weighted by atomic mass is 16.5. The summed E-state index contributed by atoms with van der Waals surface area (Å²) >= 11 is 0. The van der Waals surface area contributed by atoms with E-state index in [2.05, 4.69) is 17.4 Å². The smallest absolute Gasteiger partial charge is 0.122 e. The van der Waals surface area contributed by atoms with E-state index in [1.54, 1.807) is 0 Å². The highest BCUT2D eigenvalue weighted by Crippen LogP contribution is 2.18. The number of para-hydroxylation sites is 1. The molecule has 0 aliphatic heterocycles. The van der Waals surface area contributed by atoms with Crippen molar-refractivity contribution in [2.75, 3.05) is 25.1 Å². The van der Waals surface area contributed by atoms with Gasteiger partial charge in [-0.15, -0.1) is 0 Å². The van der Waals surface area contributed by atoms with E-state index in [0.717, 1.165) is 29.5 Å². The number of hydrogen-bond donors (Lipinski definition) is 1. The van der Waals surface area contributed by atoms with Gasteiger partial charge in [-0.2, -0.15) is 0 Å². The Morgan fingerprint density at radius 1 is 0.667 bits per heavy atom. The zero-order chi connectivity index (χ0) is 18.7. The van der Waals surface area contributed by atoms with Crippen molar-refractivity contribution in [1.29, 1.82) is 0 Å². The second-order valence-corrected chi connectivity index (χ2v) is 5.97. The van der Waals surface area contributed by atoms with E-state index < -0.39 is 0 Å². The van der Waals surface area contributed by atoms with Gasteiger partial charge in [0.1, 0.15) is 30.5 Å². The second kappa shape index (κ2) is 10.1. The fourth-order valence-electron chi connectivity index (χ4n) is 2.62. The van der Waals surface area contributed by atoms with Gasteiger partial charge in [0.25, 0.3) is 0 Å². The van der Waals surface area contributed by atoms with Crippen LogP contribution >= 0.6 is 0 Å². The molecule has 0 aliphatic carbocycles. The Labute approximate surface area is 160 Å². The lowest BCUT2D eigenvalue weighted by Crippen LogP contribution is -2.08. The van der Waals surface area contributed by atoms with Crippen LogP contribution in [0.2, 0.25) is 0 Å². The van der Waals surface area contributed by atoms with Crippen molar-refractivity contribution in [3.05, 3.63) is 84.4 Å². The lowest BCUT2D eigenvalue weighted by atomic mass is 10.2. The molecule has 0 atom stereocenters. The van der Waals surface area contributed by atoms with E-state index in [0.29, 0.717) is 19.8 Å². The van der Waals surface area contributed by atoms with Crippen LogP contribution in [0.3, 0.4) is 0 Å². The van der Waals surface area contributed by atoms with Crippen molar-refractivity contribution in [2.24, 2.45) is 0 Å². The first-order valence-electron chi connectivity index (χ1n) is 9.20. The standard InChI is InChI=1S/C23H25NO3/c1-2-25-23-10-6-7-19(17-23)18-24-20-11-13-22(14-12-20)27-16-15-26-21-8-4-3-5-9-21/h3-14,17,24H,2,15-16,18H2,1H3. The van der Waals surface area contributed by atoms with E-state index in [4.69, 9.17) is 14.2 Å². The highest BCUT2D eigenvalue weighted by molar-refractivity contribution is 5.47. The fraction of sp³-hybridized carbons (Fsp3) is 0.217. The molecule has 0 radical (unpaired) electrons. The lowest BCUT2D eigenvalue weighted by molar-refractivity contribution is 0.217. The molecule has 27 heavy (non-hydrogen) atoms. The first kappa shape index (κ1) is 18.6. The first-order chi connectivity index (χ1) is 13.3. The summed E-state index contributed by atoms with van der Waals surface area (Å²) in [6.45, 7) is 4.43. The molecule has 1 N–H and O–H groups in total. The lowest BCUT2D eigenvalue weighted by Gasteiger charge is -2.11. The maximum atomic E-state index is 5.72. The van der Waals surface area contributed by atoms with Crippen molar-refractivity contribution < 1.29 is 14.2 Å². The Kier molecular flexibility index (Phi) is 6.99. The molecule has 3 rings (SSSR count). The van der Waals surface area contributed by atoms with Gasteiger partial charge in [-0.05, 0) is 61.0 Å². The molecular formula is C23H25NO3. The average molecular weight is 363 g/mol. The third-order valence-electron chi connectivity index (χ3n) is 3.92. The van der Waals surface area contributed by atoms with Gasteiger partial charge in [0, 0.05) is 12.2 Å². The molecule has 140 valence electrons. The van der Waals surface area contributed by atoms with Crippen LogP contribution in [0, 0.1) is 0 Å².